The zero-order valence-corrected chi connectivity index (χ0v) is 9.47. The quantitative estimate of drug-likeness (QED) is 0.527. The first-order valence-electron chi connectivity index (χ1n) is 5.12. The molecule has 0 amide bonds. The van der Waals surface area contributed by atoms with E-state index in [1.807, 2.05) is 11.3 Å². The number of rotatable bonds is 0. The van der Waals surface area contributed by atoms with Gasteiger partial charge in [-0.2, -0.15) is 0 Å². The van der Waals surface area contributed by atoms with Gasteiger partial charge in [-0.15, -0.1) is 22.9 Å². The number of anilines is 1. The van der Waals surface area contributed by atoms with Gasteiger partial charge in [0.05, 0.1) is 11.7 Å². The van der Waals surface area contributed by atoms with Crippen LogP contribution >= 0.6 is 22.9 Å². The van der Waals surface area contributed by atoms with E-state index in [1.165, 1.54) is 41.8 Å². The third-order valence-electron chi connectivity index (χ3n) is 3.00. The van der Waals surface area contributed by atoms with Crippen LogP contribution in [0.1, 0.15) is 34.3 Å². The molecule has 0 spiro atoms. The SMILES string of the molecule is ClC1NCNc2sc3c(c21)CCCC3. The summed E-state index contributed by atoms with van der Waals surface area (Å²) < 4.78 is 0. The van der Waals surface area contributed by atoms with Crippen molar-refractivity contribution in [3.05, 3.63) is 16.0 Å². The van der Waals surface area contributed by atoms with Crippen LogP contribution in [-0.2, 0) is 12.8 Å². The minimum atomic E-state index is 0.0179. The Morgan fingerprint density at radius 1 is 1.29 bits per heavy atom. The van der Waals surface area contributed by atoms with Crippen LogP contribution in [0.5, 0.6) is 0 Å². The van der Waals surface area contributed by atoms with Crippen LogP contribution in [0.4, 0.5) is 5.00 Å². The summed E-state index contributed by atoms with van der Waals surface area (Å²) in [5.41, 5.74) is 2.87. The van der Waals surface area contributed by atoms with Gasteiger partial charge in [0.15, 0.2) is 0 Å². The van der Waals surface area contributed by atoms with Crippen LogP contribution in [0.2, 0.25) is 0 Å². The van der Waals surface area contributed by atoms with E-state index in [4.69, 9.17) is 11.6 Å². The van der Waals surface area contributed by atoms with Crippen molar-refractivity contribution < 1.29 is 0 Å². The number of fused-ring (bicyclic) bond motifs is 3. The lowest BCUT2D eigenvalue weighted by Crippen LogP contribution is -2.29. The average molecular weight is 229 g/mol. The number of hydrogen-bond acceptors (Lipinski definition) is 3. The molecule has 1 aliphatic heterocycles. The minimum Gasteiger partial charge on any atom is -0.364 e. The van der Waals surface area contributed by atoms with Crippen molar-refractivity contribution in [2.24, 2.45) is 0 Å². The van der Waals surface area contributed by atoms with E-state index in [-0.39, 0.29) is 5.50 Å². The molecule has 1 aromatic heterocycles. The number of hydrogen-bond donors (Lipinski definition) is 2. The highest BCUT2D eigenvalue weighted by atomic mass is 35.5. The zero-order valence-electron chi connectivity index (χ0n) is 7.90. The molecule has 76 valence electrons. The van der Waals surface area contributed by atoms with E-state index in [0.29, 0.717) is 0 Å². The van der Waals surface area contributed by atoms with Crippen molar-refractivity contribution in [1.29, 1.82) is 0 Å². The molecule has 4 heteroatoms. The maximum absolute atomic E-state index is 6.28. The summed E-state index contributed by atoms with van der Waals surface area (Å²) in [7, 11) is 0. The van der Waals surface area contributed by atoms with E-state index in [9.17, 15) is 0 Å². The second-order valence-corrected chi connectivity index (χ2v) is 5.42. The molecule has 0 fully saturated rings. The van der Waals surface area contributed by atoms with Gasteiger partial charge in [0.1, 0.15) is 5.50 Å². The van der Waals surface area contributed by atoms with Gasteiger partial charge in [-0.3, -0.25) is 5.32 Å². The fourth-order valence-electron chi connectivity index (χ4n) is 2.31. The first-order valence-corrected chi connectivity index (χ1v) is 6.37. The Balaban J connectivity index is 2.12. The molecular weight excluding hydrogens is 216 g/mol. The van der Waals surface area contributed by atoms with Crippen LogP contribution in [0.25, 0.3) is 0 Å². The Bertz CT molecular complexity index is 361. The minimum absolute atomic E-state index is 0.0179. The molecule has 1 atom stereocenters. The molecule has 0 aromatic carbocycles. The fraction of sp³-hybridized carbons (Fsp3) is 0.600. The summed E-state index contributed by atoms with van der Waals surface area (Å²) in [5.74, 6) is 0. The van der Waals surface area contributed by atoms with Crippen molar-refractivity contribution in [3.8, 4) is 0 Å². The highest BCUT2D eigenvalue weighted by Gasteiger charge is 2.27. The molecule has 2 heterocycles. The van der Waals surface area contributed by atoms with E-state index >= 15 is 0 Å². The number of halogens is 1. The van der Waals surface area contributed by atoms with E-state index < -0.39 is 0 Å². The summed E-state index contributed by atoms with van der Waals surface area (Å²) in [6.07, 6.45) is 5.12. The molecule has 1 aliphatic carbocycles. The summed E-state index contributed by atoms with van der Waals surface area (Å²) in [6, 6.07) is 0. The van der Waals surface area contributed by atoms with Crippen LogP contribution in [0.3, 0.4) is 0 Å². The summed E-state index contributed by atoms with van der Waals surface area (Å²) >= 11 is 8.19. The number of nitrogens with one attached hydrogen (secondary N) is 2. The van der Waals surface area contributed by atoms with Crippen molar-refractivity contribution in [1.82, 2.24) is 5.32 Å². The molecule has 2 nitrogen and oxygen atoms in total. The summed E-state index contributed by atoms with van der Waals surface area (Å²) in [5, 5.41) is 7.91. The summed E-state index contributed by atoms with van der Waals surface area (Å²) in [4.78, 5) is 1.56. The first-order chi connectivity index (χ1) is 6.86. The van der Waals surface area contributed by atoms with Crippen molar-refractivity contribution in [2.75, 3.05) is 12.0 Å². The van der Waals surface area contributed by atoms with Crippen molar-refractivity contribution in [2.45, 2.75) is 31.2 Å². The highest BCUT2D eigenvalue weighted by molar-refractivity contribution is 7.16. The fourth-order valence-corrected chi connectivity index (χ4v) is 4.02. The van der Waals surface area contributed by atoms with Gasteiger partial charge < -0.3 is 5.32 Å². The van der Waals surface area contributed by atoms with Gasteiger partial charge >= 0.3 is 0 Å². The number of thiophene rings is 1. The maximum atomic E-state index is 6.28. The molecule has 0 bridgehead atoms. The second-order valence-electron chi connectivity index (χ2n) is 3.87. The predicted octanol–water partition coefficient (Wildman–Crippen LogP) is 2.84. The normalized spacial score (nSPS) is 25.1. The van der Waals surface area contributed by atoms with Crippen LogP contribution < -0.4 is 10.6 Å². The highest BCUT2D eigenvalue weighted by Crippen LogP contribution is 2.43. The van der Waals surface area contributed by atoms with Crippen LogP contribution in [-0.4, -0.2) is 6.67 Å². The van der Waals surface area contributed by atoms with E-state index in [1.54, 1.807) is 4.88 Å². The Morgan fingerprint density at radius 2 is 2.14 bits per heavy atom. The Kier molecular flexibility index (Phi) is 2.19. The van der Waals surface area contributed by atoms with Crippen LogP contribution in [0, 0.1) is 0 Å². The standard InChI is InChI=1S/C10H13ClN2S/c11-9-8-6-3-1-2-4-7(6)14-10(8)13-5-12-9/h9,12-13H,1-5H2. The van der Waals surface area contributed by atoms with Crippen LogP contribution in [0.15, 0.2) is 0 Å². The third-order valence-corrected chi connectivity index (χ3v) is 4.63. The van der Waals surface area contributed by atoms with Gasteiger partial charge in [0.25, 0.3) is 0 Å². The molecule has 1 aromatic rings. The maximum Gasteiger partial charge on any atom is 0.113 e. The lowest BCUT2D eigenvalue weighted by atomic mass is 9.95. The smallest absolute Gasteiger partial charge is 0.113 e. The lowest BCUT2D eigenvalue weighted by Gasteiger charge is -2.22. The van der Waals surface area contributed by atoms with Gasteiger partial charge in [-0.25, -0.2) is 0 Å². The summed E-state index contributed by atoms with van der Waals surface area (Å²) in [6.45, 7) is 0.792. The molecular formula is C10H13ClN2S. The van der Waals surface area contributed by atoms with Crippen molar-refractivity contribution >= 4 is 27.9 Å². The Morgan fingerprint density at radius 3 is 3.07 bits per heavy atom. The molecule has 2 aliphatic rings. The molecule has 14 heavy (non-hydrogen) atoms. The molecule has 0 saturated heterocycles. The Labute approximate surface area is 92.7 Å². The monoisotopic (exact) mass is 228 g/mol. The Hall–Kier alpha value is -0.250. The van der Waals surface area contributed by atoms with E-state index in [2.05, 4.69) is 10.6 Å². The van der Waals surface area contributed by atoms with Gasteiger partial charge in [0.2, 0.25) is 0 Å². The predicted molar refractivity (Wildman–Crippen MR) is 61.2 cm³/mol. The zero-order chi connectivity index (χ0) is 9.54. The molecule has 1 unspecified atom stereocenters. The lowest BCUT2D eigenvalue weighted by molar-refractivity contribution is 0.654. The molecule has 0 radical (unpaired) electrons. The van der Waals surface area contributed by atoms with Gasteiger partial charge in [-0.1, -0.05) is 0 Å². The van der Waals surface area contributed by atoms with E-state index in [0.717, 1.165) is 6.67 Å². The third kappa shape index (κ3) is 1.27. The molecule has 2 N–H and O–H groups in total. The molecule has 0 saturated carbocycles. The van der Waals surface area contributed by atoms with Gasteiger partial charge in [-0.05, 0) is 31.2 Å². The topological polar surface area (TPSA) is 24.1 Å². The number of alkyl halides is 1. The largest absolute Gasteiger partial charge is 0.364 e. The first kappa shape index (κ1) is 9.01. The second kappa shape index (κ2) is 3.40. The van der Waals surface area contributed by atoms with Gasteiger partial charge in [0, 0.05) is 10.4 Å². The average Bonchev–Trinajstić information content (AvgIpc) is 2.57. The number of aryl methyl sites for hydroxylation is 1. The molecule has 3 rings (SSSR count). The van der Waals surface area contributed by atoms with Crippen molar-refractivity contribution in [3.63, 3.8) is 0 Å².